The fraction of sp³-hybridized carbons (Fsp3) is 0.0455. The van der Waals surface area contributed by atoms with Gasteiger partial charge in [-0.3, -0.25) is 9.97 Å². The van der Waals surface area contributed by atoms with Gasteiger partial charge in [-0.1, -0.05) is 103 Å². The van der Waals surface area contributed by atoms with Crippen LogP contribution in [0.2, 0.25) is 0 Å². The van der Waals surface area contributed by atoms with Crippen LogP contribution in [0.1, 0.15) is 16.9 Å². The van der Waals surface area contributed by atoms with E-state index in [4.69, 9.17) is 9.97 Å². The van der Waals surface area contributed by atoms with E-state index in [0.717, 1.165) is 35.4 Å². The number of hydrogen-bond donors (Lipinski definition) is 0. The molecule has 226 valence electrons. The van der Waals surface area contributed by atoms with Gasteiger partial charge in [0.1, 0.15) is 0 Å². The van der Waals surface area contributed by atoms with Crippen molar-refractivity contribution in [3.05, 3.63) is 150 Å². The van der Waals surface area contributed by atoms with Crippen LogP contribution in [-0.2, 0) is 6.42 Å². The number of allylic oxidation sites excluding steroid dienone is 1. The standard InChI is InChI=1S/C44H28N2S2/c1-3-13-41-33(7-1)35-9-5-11-37(43(35)47-41)39-21-19-31(25-45-39)29-17-15-28-24-30(18-16-27(28)23-29)32-20-22-40(46-26-32)38-12-6-10-36-34-8-2-4-14-42(34)48-44(36)38/h1-3,5-13,15-26H,4,14H2. The van der Waals surface area contributed by atoms with Crippen LogP contribution in [0.15, 0.2) is 140 Å². The minimum absolute atomic E-state index is 1.00. The van der Waals surface area contributed by atoms with Crippen LogP contribution < -0.4 is 0 Å². The molecule has 1 aliphatic carbocycles. The van der Waals surface area contributed by atoms with Crippen LogP contribution in [0, 0.1) is 0 Å². The third-order valence-electron chi connectivity index (χ3n) is 9.64. The molecule has 0 bridgehead atoms. The predicted octanol–water partition coefficient (Wildman–Crippen LogP) is 12.8. The summed E-state index contributed by atoms with van der Waals surface area (Å²) in [6, 6.07) is 43.9. The van der Waals surface area contributed by atoms with Gasteiger partial charge in [0.25, 0.3) is 0 Å². The summed E-state index contributed by atoms with van der Waals surface area (Å²) in [5.74, 6) is 0. The van der Waals surface area contributed by atoms with Crippen molar-refractivity contribution in [1.82, 2.24) is 9.97 Å². The van der Waals surface area contributed by atoms with E-state index in [2.05, 4.69) is 133 Å². The lowest BCUT2D eigenvalue weighted by Gasteiger charge is -2.09. The van der Waals surface area contributed by atoms with E-state index in [9.17, 15) is 0 Å². The Balaban J connectivity index is 0.929. The average molecular weight is 649 g/mol. The van der Waals surface area contributed by atoms with E-state index in [1.165, 1.54) is 73.7 Å². The normalized spacial score (nSPS) is 12.8. The Kier molecular flexibility index (Phi) is 6.39. The number of fused-ring (bicyclic) bond motifs is 7. The monoisotopic (exact) mass is 648 g/mol. The lowest BCUT2D eigenvalue weighted by Crippen LogP contribution is -1.88. The third-order valence-corrected chi connectivity index (χ3v) is 12.2. The van der Waals surface area contributed by atoms with Gasteiger partial charge in [-0.05, 0) is 70.6 Å². The Morgan fingerprint density at radius 1 is 0.500 bits per heavy atom. The third kappa shape index (κ3) is 4.52. The van der Waals surface area contributed by atoms with Gasteiger partial charge in [0.2, 0.25) is 0 Å². The smallest absolute Gasteiger partial charge is 0.0716 e. The molecule has 0 spiro atoms. The molecule has 0 saturated carbocycles. The van der Waals surface area contributed by atoms with E-state index >= 15 is 0 Å². The summed E-state index contributed by atoms with van der Waals surface area (Å²) in [6.07, 6.45) is 10.9. The van der Waals surface area contributed by atoms with Gasteiger partial charge in [-0.25, -0.2) is 0 Å². The van der Waals surface area contributed by atoms with E-state index in [1.807, 2.05) is 35.1 Å². The van der Waals surface area contributed by atoms with Gasteiger partial charge in [-0.2, -0.15) is 0 Å². The number of benzene rings is 5. The molecule has 0 radical (unpaired) electrons. The van der Waals surface area contributed by atoms with Gasteiger partial charge in [0, 0.05) is 69.8 Å². The van der Waals surface area contributed by atoms with Crippen molar-refractivity contribution in [2.45, 2.75) is 12.8 Å². The molecule has 0 aliphatic heterocycles. The van der Waals surface area contributed by atoms with Crippen LogP contribution in [-0.4, -0.2) is 9.97 Å². The first-order valence-electron chi connectivity index (χ1n) is 16.4. The van der Waals surface area contributed by atoms with Gasteiger partial charge < -0.3 is 0 Å². The topological polar surface area (TPSA) is 25.8 Å². The van der Waals surface area contributed by atoms with Crippen molar-refractivity contribution in [3.8, 4) is 44.8 Å². The number of aryl methyl sites for hydroxylation is 1. The Morgan fingerprint density at radius 2 is 1.10 bits per heavy atom. The first kappa shape index (κ1) is 27.7. The Bertz CT molecular complexity index is 2710. The first-order valence-corrected chi connectivity index (χ1v) is 18.0. The van der Waals surface area contributed by atoms with Crippen molar-refractivity contribution in [2.75, 3.05) is 0 Å². The summed E-state index contributed by atoms with van der Waals surface area (Å²) >= 11 is 3.77. The molecule has 0 N–H and O–H groups in total. The van der Waals surface area contributed by atoms with Crippen molar-refractivity contribution in [2.24, 2.45) is 0 Å². The van der Waals surface area contributed by atoms with Crippen LogP contribution >= 0.6 is 22.7 Å². The minimum Gasteiger partial charge on any atom is -0.256 e. The van der Waals surface area contributed by atoms with Gasteiger partial charge in [0.15, 0.2) is 0 Å². The summed E-state index contributed by atoms with van der Waals surface area (Å²) in [6.45, 7) is 0. The van der Waals surface area contributed by atoms with Gasteiger partial charge in [-0.15, -0.1) is 22.7 Å². The Labute approximate surface area is 286 Å². The SMILES string of the molecule is C1=Cc2c(sc3c(-c4ccc(-c5ccc6cc(-c7ccc(-c8cccc9c8sc8ccccc89)nc7)ccc6c5)cn4)cccc23)CC1. The molecule has 4 aromatic heterocycles. The largest absolute Gasteiger partial charge is 0.256 e. The molecule has 0 amide bonds. The number of hydrogen-bond acceptors (Lipinski definition) is 4. The molecule has 48 heavy (non-hydrogen) atoms. The summed E-state index contributed by atoms with van der Waals surface area (Å²) in [4.78, 5) is 11.4. The summed E-state index contributed by atoms with van der Waals surface area (Å²) in [5.41, 5.74) is 10.4. The number of rotatable bonds is 4. The second-order valence-corrected chi connectivity index (χ2v) is 14.6. The molecule has 0 atom stereocenters. The molecule has 5 aromatic carbocycles. The molecular formula is C44H28N2S2. The molecule has 0 saturated heterocycles. The molecule has 0 unspecified atom stereocenters. The fourth-order valence-electron chi connectivity index (χ4n) is 7.17. The van der Waals surface area contributed by atoms with E-state index in [1.54, 1.807) is 0 Å². The zero-order chi connectivity index (χ0) is 31.6. The number of aromatic nitrogens is 2. The number of thiophene rings is 2. The zero-order valence-corrected chi connectivity index (χ0v) is 27.6. The van der Waals surface area contributed by atoms with Crippen molar-refractivity contribution >= 4 is 69.8 Å². The van der Waals surface area contributed by atoms with Crippen LogP contribution in [0.5, 0.6) is 0 Å². The zero-order valence-electron chi connectivity index (χ0n) is 26.0. The predicted molar refractivity (Wildman–Crippen MR) is 207 cm³/mol. The maximum Gasteiger partial charge on any atom is 0.0716 e. The average Bonchev–Trinajstić information content (AvgIpc) is 3.73. The highest BCUT2D eigenvalue weighted by Crippen LogP contribution is 2.42. The molecule has 1 aliphatic rings. The van der Waals surface area contributed by atoms with Crippen LogP contribution in [0.4, 0.5) is 0 Å². The van der Waals surface area contributed by atoms with Gasteiger partial charge in [0.05, 0.1) is 11.4 Å². The Morgan fingerprint density at radius 3 is 1.77 bits per heavy atom. The van der Waals surface area contributed by atoms with Crippen molar-refractivity contribution in [1.29, 1.82) is 0 Å². The van der Waals surface area contributed by atoms with Crippen LogP contribution in [0.25, 0.3) is 91.9 Å². The molecule has 4 heterocycles. The molecule has 4 heteroatoms. The van der Waals surface area contributed by atoms with Gasteiger partial charge >= 0.3 is 0 Å². The molecule has 9 aromatic rings. The van der Waals surface area contributed by atoms with Crippen molar-refractivity contribution < 1.29 is 0 Å². The quantitative estimate of drug-likeness (QED) is 0.190. The highest BCUT2D eigenvalue weighted by atomic mass is 32.1. The first-order chi connectivity index (χ1) is 23.8. The fourth-order valence-corrected chi connectivity index (χ4v) is 9.72. The molecule has 0 fully saturated rings. The summed E-state index contributed by atoms with van der Waals surface area (Å²) in [7, 11) is 0. The summed E-state index contributed by atoms with van der Waals surface area (Å²) < 4.78 is 3.95. The van der Waals surface area contributed by atoms with E-state index in [-0.39, 0.29) is 0 Å². The highest BCUT2D eigenvalue weighted by Gasteiger charge is 2.16. The highest BCUT2D eigenvalue weighted by molar-refractivity contribution is 7.26. The second-order valence-electron chi connectivity index (χ2n) is 12.5. The molecular weight excluding hydrogens is 621 g/mol. The molecule has 2 nitrogen and oxygen atoms in total. The maximum absolute atomic E-state index is 4.95. The molecule has 10 rings (SSSR count). The number of nitrogens with zero attached hydrogens (tertiary/aromatic N) is 2. The van der Waals surface area contributed by atoms with Crippen molar-refractivity contribution in [3.63, 3.8) is 0 Å². The second kappa shape index (κ2) is 11.1. The van der Waals surface area contributed by atoms with Crippen LogP contribution in [0.3, 0.4) is 0 Å². The lowest BCUT2D eigenvalue weighted by atomic mass is 9.98. The van der Waals surface area contributed by atoms with E-state index < -0.39 is 0 Å². The summed E-state index contributed by atoms with van der Waals surface area (Å²) in [5, 5.41) is 6.38. The maximum atomic E-state index is 4.95. The Hall–Kier alpha value is -5.42. The lowest BCUT2D eigenvalue weighted by molar-refractivity contribution is 1.02. The number of pyridine rings is 2. The minimum atomic E-state index is 1.00. The van der Waals surface area contributed by atoms with E-state index in [0.29, 0.717) is 0 Å².